The smallest absolute Gasteiger partial charge is 0.324 e. The molecule has 0 radical (unpaired) electrons. The number of aromatic nitrogens is 2. The fourth-order valence-electron chi connectivity index (χ4n) is 4.96. The molecule has 2 fully saturated rings. The van der Waals surface area contributed by atoms with Gasteiger partial charge in [-0.1, -0.05) is 35.5 Å². The monoisotopic (exact) mass is 475 g/mol. The number of methoxy groups -OCH3 is 1. The minimum atomic E-state index is -0.0672. The molecule has 2 aliphatic rings. The number of anilines is 1. The van der Waals surface area contributed by atoms with Crippen molar-refractivity contribution in [3.63, 3.8) is 0 Å². The van der Waals surface area contributed by atoms with Crippen LogP contribution in [0.25, 0.3) is 11.4 Å². The van der Waals surface area contributed by atoms with Crippen molar-refractivity contribution < 1.29 is 14.1 Å². The zero-order chi connectivity index (χ0) is 24.0. The van der Waals surface area contributed by atoms with Gasteiger partial charge < -0.3 is 19.5 Å². The molecule has 2 aliphatic heterocycles. The minimum Gasteiger partial charge on any atom is -0.497 e. The Bertz CT molecular complexity index is 1090. The number of ether oxygens (including phenoxy) is 1. The lowest BCUT2D eigenvalue weighted by molar-refractivity contribution is -0.126. The van der Waals surface area contributed by atoms with Gasteiger partial charge in [0, 0.05) is 44.3 Å². The summed E-state index contributed by atoms with van der Waals surface area (Å²) < 4.78 is 10.8. The van der Waals surface area contributed by atoms with Crippen LogP contribution >= 0.6 is 0 Å². The molecular formula is C27H33N5O3. The number of carbonyl (C=O) groups excluding carboxylic acids is 1. The summed E-state index contributed by atoms with van der Waals surface area (Å²) in [6, 6.07) is 18.9. The number of amides is 1. The van der Waals surface area contributed by atoms with E-state index in [2.05, 4.69) is 50.7 Å². The van der Waals surface area contributed by atoms with Crippen molar-refractivity contribution in [2.75, 3.05) is 38.2 Å². The number of likely N-dealkylation sites (tertiary alicyclic amines) is 1. The van der Waals surface area contributed by atoms with Gasteiger partial charge in [-0.05, 0) is 55.5 Å². The van der Waals surface area contributed by atoms with Crippen LogP contribution in [0.5, 0.6) is 5.75 Å². The molecule has 1 unspecified atom stereocenters. The number of hydrogen-bond donors (Lipinski definition) is 1. The maximum absolute atomic E-state index is 13.1. The standard InChI is InChI=1S/C27H33N5O3/c1-34-24-11-9-21(10-12-24)25-29-27(35-30-25)32-15-5-8-22(19-32)26(33)28-23-13-16-31(17-14-23)18-20-6-3-2-4-7-20/h2-4,6-7,9-12,22-23H,5,8,13-19H2,1H3,(H,28,33). The molecule has 1 amide bonds. The Hall–Kier alpha value is -3.39. The van der Waals surface area contributed by atoms with Crippen molar-refractivity contribution in [2.24, 2.45) is 5.92 Å². The maximum atomic E-state index is 13.1. The van der Waals surface area contributed by atoms with E-state index in [-0.39, 0.29) is 17.9 Å². The lowest BCUT2D eigenvalue weighted by Crippen LogP contribution is -2.49. The summed E-state index contributed by atoms with van der Waals surface area (Å²) in [5, 5.41) is 7.46. The molecule has 8 nitrogen and oxygen atoms in total. The van der Waals surface area contributed by atoms with Crippen molar-refractivity contribution >= 4 is 11.9 Å². The second-order valence-electron chi connectivity index (χ2n) is 9.46. The molecule has 35 heavy (non-hydrogen) atoms. The predicted molar refractivity (Wildman–Crippen MR) is 134 cm³/mol. The number of carbonyl (C=O) groups is 1. The van der Waals surface area contributed by atoms with Gasteiger partial charge in [0.1, 0.15) is 5.75 Å². The van der Waals surface area contributed by atoms with Crippen LogP contribution in [0, 0.1) is 5.92 Å². The van der Waals surface area contributed by atoms with E-state index >= 15 is 0 Å². The van der Waals surface area contributed by atoms with E-state index in [9.17, 15) is 4.79 Å². The summed E-state index contributed by atoms with van der Waals surface area (Å²) in [5.74, 6) is 1.40. The number of rotatable bonds is 7. The van der Waals surface area contributed by atoms with E-state index in [1.54, 1.807) is 7.11 Å². The molecule has 0 aliphatic carbocycles. The minimum absolute atomic E-state index is 0.0672. The quantitative estimate of drug-likeness (QED) is 0.557. The highest BCUT2D eigenvalue weighted by molar-refractivity contribution is 5.79. The molecule has 2 saturated heterocycles. The van der Waals surface area contributed by atoms with Gasteiger partial charge in [-0.15, -0.1) is 0 Å². The van der Waals surface area contributed by atoms with E-state index in [4.69, 9.17) is 9.26 Å². The molecule has 0 spiro atoms. The van der Waals surface area contributed by atoms with Crippen LogP contribution in [0.4, 0.5) is 6.01 Å². The lowest BCUT2D eigenvalue weighted by Gasteiger charge is -2.35. The van der Waals surface area contributed by atoms with Gasteiger partial charge in [0.15, 0.2) is 0 Å². The number of hydrogen-bond acceptors (Lipinski definition) is 7. The Morgan fingerprint density at radius 2 is 1.83 bits per heavy atom. The summed E-state index contributed by atoms with van der Waals surface area (Å²) in [5.41, 5.74) is 2.21. The van der Waals surface area contributed by atoms with Crippen LogP contribution in [0.2, 0.25) is 0 Å². The van der Waals surface area contributed by atoms with E-state index in [1.807, 2.05) is 29.2 Å². The number of nitrogens with one attached hydrogen (secondary N) is 1. The molecule has 1 N–H and O–H groups in total. The van der Waals surface area contributed by atoms with Crippen LogP contribution in [0.1, 0.15) is 31.2 Å². The first-order chi connectivity index (χ1) is 17.2. The van der Waals surface area contributed by atoms with Gasteiger partial charge in [0.25, 0.3) is 0 Å². The van der Waals surface area contributed by atoms with E-state index in [1.165, 1.54) is 5.56 Å². The third kappa shape index (κ3) is 5.82. The van der Waals surface area contributed by atoms with Gasteiger partial charge in [-0.3, -0.25) is 9.69 Å². The largest absolute Gasteiger partial charge is 0.497 e. The van der Waals surface area contributed by atoms with Crippen LogP contribution < -0.4 is 15.0 Å². The molecule has 2 aromatic carbocycles. The highest BCUT2D eigenvalue weighted by atomic mass is 16.5. The molecule has 5 rings (SSSR count). The molecule has 1 atom stereocenters. The summed E-state index contributed by atoms with van der Waals surface area (Å²) in [6.07, 6.45) is 3.79. The Kier molecular flexibility index (Phi) is 7.28. The zero-order valence-electron chi connectivity index (χ0n) is 20.2. The number of nitrogens with zero attached hydrogens (tertiary/aromatic N) is 4. The zero-order valence-corrected chi connectivity index (χ0v) is 20.2. The third-order valence-electron chi connectivity index (χ3n) is 7.01. The first kappa shape index (κ1) is 23.4. The molecule has 3 aromatic rings. The molecule has 0 saturated carbocycles. The van der Waals surface area contributed by atoms with Gasteiger partial charge >= 0.3 is 6.01 Å². The predicted octanol–water partition coefficient (Wildman–Crippen LogP) is 3.74. The SMILES string of the molecule is COc1ccc(-c2noc(N3CCCC(C(=O)NC4CCN(Cc5ccccc5)CC4)C3)n2)cc1. The van der Waals surface area contributed by atoms with Crippen molar-refractivity contribution in [3.05, 3.63) is 60.2 Å². The Morgan fingerprint density at radius 3 is 2.57 bits per heavy atom. The molecule has 1 aromatic heterocycles. The molecule has 8 heteroatoms. The Balaban J connectivity index is 1.12. The van der Waals surface area contributed by atoms with Crippen molar-refractivity contribution in [2.45, 2.75) is 38.3 Å². The highest BCUT2D eigenvalue weighted by Gasteiger charge is 2.30. The van der Waals surface area contributed by atoms with Crippen LogP contribution in [-0.2, 0) is 11.3 Å². The van der Waals surface area contributed by atoms with E-state index in [0.717, 1.165) is 63.2 Å². The summed E-state index contributed by atoms with van der Waals surface area (Å²) >= 11 is 0. The topological polar surface area (TPSA) is 83.7 Å². The molecule has 0 bridgehead atoms. The summed E-state index contributed by atoms with van der Waals surface area (Å²) in [4.78, 5) is 22.2. The Labute approximate surface area is 206 Å². The first-order valence-electron chi connectivity index (χ1n) is 12.5. The van der Waals surface area contributed by atoms with Crippen LogP contribution in [-0.4, -0.2) is 60.3 Å². The second kappa shape index (κ2) is 10.9. The fraction of sp³-hybridized carbons (Fsp3) is 0.444. The normalized spacial score (nSPS) is 19.5. The summed E-state index contributed by atoms with van der Waals surface area (Å²) in [6.45, 7) is 4.40. The average molecular weight is 476 g/mol. The van der Waals surface area contributed by atoms with Crippen molar-refractivity contribution in [1.29, 1.82) is 0 Å². The highest BCUT2D eigenvalue weighted by Crippen LogP contribution is 2.26. The average Bonchev–Trinajstić information content (AvgIpc) is 3.41. The van der Waals surface area contributed by atoms with Crippen molar-refractivity contribution in [1.82, 2.24) is 20.4 Å². The van der Waals surface area contributed by atoms with Gasteiger partial charge in [0.05, 0.1) is 13.0 Å². The third-order valence-corrected chi connectivity index (χ3v) is 7.01. The molecular weight excluding hydrogens is 442 g/mol. The van der Waals surface area contributed by atoms with E-state index < -0.39 is 0 Å². The van der Waals surface area contributed by atoms with Gasteiger partial charge in [0.2, 0.25) is 11.7 Å². The Morgan fingerprint density at radius 1 is 1.06 bits per heavy atom. The van der Waals surface area contributed by atoms with Crippen LogP contribution in [0.15, 0.2) is 59.1 Å². The first-order valence-corrected chi connectivity index (χ1v) is 12.5. The second-order valence-corrected chi connectivity index (χ2v) is 9.46. The van der Waals surface area contributed by atoms with Crippen LogP contribution in [0.3, 0.4) is 0 Å². The lowest BCUT2D eigenvalue weighted by atomic mass is 9.96. The van der Waals surface area contributed by atoms with Gasteiger partial charge in [-0.25, -0.2) is 0 Å². The maximum Gasteiger partial charge on any atom is 0.324 e. The molecule has 184 valence electrons. The summed E-state index contributed by atoms with van der Waals surface area (Å²) in [7, 11) is 1.64. The number of piperidine rings is 2. The van der Waals surface area contributed by atoms with Crippen molar-refractivity contribution in [3.8, 4) is 17.1 Å². The fourth-order valence-corrected chi connectivity index (χ4v) is 4.96. The van der Waals surface area contributed by atoms with Gasteiger partial charge in [-0.2, -0.15) is 4.98 Å². The molecule has 3 heterocycles. The number of benzene rings is 2. The van der Waals surface area contributed by atoms with E-state index in [0.29, 0.717) is 18.4 Å².